The van der Waals surface area contributed by atoms with E-state index in [2.05, 4.69) is 0 Å². The van der Waals surface area contributed by atoms with E-state index >= 15 is 0 Å². The van der Waals surface area contributed by atoms with Crippen LogP contribution in [0.2, 0.25) is 0 Å². The molecule has 0 aliphatic carbocycles. The van der Waals surface area contributed by atoms with Gasteiger partial charge in [0, 0.05) is 17.2 Å². The predicted molar refractivity (Wildman–Crippen MR) is 69.1 cm³/mol. The third kappa shape index (κ3) is 2.20. The summed E-state index contributed by atoms with van der Waals surface area (Å²) in [6.07, 6.45) is 0. The number of carbonyl (C=O) groups is 1. The molecule has 0 aliphatic rings. The van der Waals surface area contributed by atoms with Gasteiger partial charge >= 0.3 is 0 Å². The van der Waals surface area contributed by atoms with Crippen LogP contribution < -0.4 is 10.8 Å². The number of hydrogen-bond acceptors (Lipinski definition) is 3. The zero-order chi connectivity index (χ0) is 13.1. The lowest BCUT2D eigenvalue weighted by molar-refractivity contribution is -0.255. The van der Waals surface area contributed by atoms with Gasteiger partial charge in [-0.2, -0.15) is 0 Å². The Morgan fingerprint density at radius 2 is 1.78 bits per heavy atom. The molecule has 18 heavy (non-hydrogen) atoms. The van der Waals surface area contributed by atoms with E-state index in [9.17, 15) is 9.90 Å². The molecule has 0 fully saturated rings. The fourth-order valence-electron chi connectivity index (χ4n) is 2.11. The van der Waals surface area contributed by atoms with E-state index in [0.717, 1.165) is 5.56 Å². The van der Waals surface area contributed by atoms with Gasteiger partial charge in [-0.15, -0.1) is 0 Å². The number of benzene rings is 2. The maximum Gasteiger partial charge on any atom is 0.0739 e. The van der Waals surface area contributed by atoms with Crippen LogP contribution in [-0.2, 0) is 0 Å². The first-order valence-electron chi connectivity index (χ1n) is 5.76. The first-order chi connectivity index (χ1) is 8.61. The average Bonchev–Trinajstić information content (AvgIpc) is 2.38. The van der Waals surface area contributed by atoms with E-state index < -0.39 is 5.97 Å². The van der Waals surface area contributed by atoms with E-state index in [1.807, 2.05) is 37.3 Å². The summed E-state index contributed by atoms with van der Waals surface area (Å²) in [6.45, 7) is 1.95. The van der Waals surface area contributed by atoms with Crippen LogP contribution in [0.4, 0.5) is 5.69 Å². The van der Waals surface area contributed by atoms with Crippen molar-refractivity contribution in [3.05, 3.63) is 65.2 Å². The maximum atomic E-state index is 11.2. The fourth-order valence-corrected chi connectivity index (χ4v) is 2.11. The summed E-state index contributed by atoms with van der Waals surface area (Å²) < 4.78 is 0. The molecule has 1 atom stereocenters. The van der Waals surface area contributed by atoms with Crippen molar-refractivity contribution in [3.8, 4) is 0 Å². The Hall–Kier alpha value is -2.29. The minimum atomic E-state index is -1.23. The second-order valence-electron chi connectivity index (χ2n) is 4.23. The number of carboxylic acids is 1. The quantitative estimate of drug-likeness (QED) is 0.832. The van der Waals surface area contributed by atoms with Gasteiger partial charge in [0.2, 0.25) is 0 Å². The number of nitrogens with two attached hydrogens (primary N) is 1. The van der Waals surface area contributed by atoms with Gasteiger partial charge in [0.05, 0.1) is 5.97 Å². The molecule has 0 saturated heterocycles. The standard InChI is InChI=1S/C15H15NO2/c1-10(11-6-3-2-4-7-11)12-8-5-9-13(16)14(12)15(17)18/h2-10H,16H2,1H3,(H,17,18)/p-1. The molecule has 92 valence electrons. The van der Waals surface area contributed by atoms with Crippen LogP contribution in [-0.4, -0.2) is 5.97 Å². The van der Waals surface area contributed by atoms with Crippen molar-refractivity contribution in [3.63, 3.8) is 0 Å². The number of carboxylic acid groups (broad SMARTS) is 1. The van der Waals surface area contributed by atoms with Crippen LogP contribution in [0.5, 0.6) is 0 Å². The molecule has 0 saturated carbocycles. The minimum Gasteiger partial charge on any atom is -0.545 e. The lowest BCUT2D eigenvalue weighted by Gasteiger charge is -2.19. The normalized spacial score (nSPS) is 12.1. The lowest BCUT2D eigenvalue weighted by atomic mass is 9.89. The van der Waals surface area contributed by atoms with Crippen LogP contribution in [0, 0.1) is 0 Å². The first kappa shape index (κ1) is 12.2. The molecule has 0 aliphatic heterocycles. The van der Waals surface area contributed by atoms with E-state index in [1.165, 1.54) is 0 Å². The van der Waals surface area contributed by atoms with E-state index in [-0.39, 0.29) is 17.2 Å². The summed E-state index contributed by atoms with van der Waals surface area (Å²) in [4.78, 5) is 11.2. The van der Waals surface area contributed by atoms with Gasteiger partial charge in [-0.1, -0.05) is 49.4 Å². The minimum absolute atomic E-state index is 0.0393. The zero-order valence-corrected chi connectivity index (χ0v) is 10.1. The molecular formula is C15H14NO2-. The number of hydrogen-bond donors (Lipinski definition) is 1. The smallest absolute Gasteiger partial charge is 0.0739 e. The highest BCUT2D eigenvalue weighted by atomic mass is 16.4. The topological polar surface area (TPSA) is 66.2 Å². The molecule has 0 amide bonds. The van der Waals surface area contributed by atoms with E-state index in [4.69, 9.17) is 5.73 Å². The first-order valence-corrected chi connectivity index (χ1v) is 5.76. The highest BCUT2D eigenvalue weighted by molar-refractivity contribution is 5.94. The van der Waals surface area contributed by atoms with Gasteiger partial charge in [-0.3, -0.25) is 0 Å². The number of aromatic carboxylic acids is 1. The van der Waals surface area contributed by atoms with Crippen LogP contribution in [0.15, 0.2) is 48.5 Å². The Labute approximate surface area is 106 Å². The molecule has 2 aromatic rings. The van der Waals surface area contributed by atoms with E-state index in [0.29, 0.717) is 5.56 Å². The van der Waals surface area contributed by atoms with Gasteiger partial charge in [0.25, 0.3) is 0 Å². The zero-order valence-electron chi connectivity index (χ0n) is 10.1. The van der Waals surface area contributed by atoms with Gasteiger partial charge in [-0.25, -0.2) is 0 Å². The van der Waals surface area contributed by atoms with Gasteiger partial charge < -0.3 is 15.6 Å². The van der Waals surface area contributed by atoms with Crippen LogP contribution in [0.1, 0.15) is 34.3 Å². The molecule has 2 aromatic carbocycles. The highest BCUT2D eigenvalue weighted by Crippen LogP contribution is 2.29. The van der Waals surface area contributed by atoms with Crippen LogP contribution in [0.3, 0.4) is 0 Å². The van der Waals surface area contributed by atoms with E-state index in [1.54, 1.807) is 18.2 Å². The lowest BCUT2D eigenvalue weighted by Crippen LogP contribution is -2.25. The van der Waals surface area contributed by atoms with Crippen molar-refractivity contribution in [1.29, 1.82) is 0 Å². The molecule has 0 spiro atoms. The van der Waals surface area contributed by atoms with Crippen LogP contribution >= 0.6 is 0 Å². The van der Waals surface area contributed by atoms with Gasteiger partial charge in [0.15, 0.2) is 0 Å². The average molecular weight is 240 g/mol. The molecule has 1 unspecified atom stereocenters. The monoisotopic (exact) mass is 240 g/mol. The molecule has 2 N–H and O–H groups in total. The molecule has 3 nitrogen and oxygen atoms in total. The fraction of sp³-hybridized carbons (Fsp3) is 0.133. The summed E-state index contributed by atoms with van der Waals surface area (Å²) in [5.74, 6) is -1.27. The summed E-state index contributed by atoms with van der Waals surface area (Å²) in [5, 5.41) is 11.2. The SMILES string of the molecule is CC(c1ccccc1)c1cccc(N)c1C(=O)[O-]. The third-order valence-corrected chi connectivity index (χ3v) is 3.10. The van der Waals surface area contributed by atoms with Crippen molar-refractivity contribution in [1.82, 2.24) is 0 Å². The predicted octanol–water partition coefficient (Wildman–Crippen LogP) is 1.78. The summed E-state index contributed by atoms with van der Waals surface area (Å²) in [5.41, 5.74) is 7.78. The number of anilines is 1. The summed E-state index contributed by atoms with van der Waals surface area (Å²) >= 11 is 0. The molecule has 0 bridgehead atoms. The Balaban J connectivity index is 2.52. The Morgan fingerprint density at radius 3 is 2.39 bits per heavy atom. The van der Waals surface area contributed by atoms with Crippen molar-refractivity contribution in [2.75, 3.05) is 5.73 Å². The Bertz CT molecular complexity index is 564. The largest absolute Gasteiger partial charge is 0.545 e. The second kappa shape index (κ2) is 4.92. The van der Waals surface area contributed by atoms with Gasteiger partial charge in [-0.05, 0) is 17.2 Å². The summed E-state index contributed by atoms with van der Waals surface area (Å²) in [6, 6.07) is 14.8. The summed E-state index contributed by atoms with van der Waals surface area (Å²) in [7, 11) is 0. The number of rotatable bonds is 3. The molecule has 0 radical (unpaired) electrons. The van der Waals surface area contributed by atoms with Crippen molar-refractivity contribution >= 4 is 11.7 Å². The third-order valence-electron chi connectivity index (χ3n) is 3.10. The maximum absolute atomic E-state index is 11.2. The molecule has 0 heterocycles. The van der Waals surface area contributed by atoms with Crippen molar-refractivity contribution < 1.29 is 9.90 Å². The van der Waals surface area contributed by atoms with Crippen LogP contribution in [0.25, 0.3) is 0 Å². The molecule has 3 heteroatoms. The number of nitrogen functional groups attached to an aromatic ring is 1. The molecule has 0 aromatic heterocycles. The van der Waals surface area contributed by atoms with Gasteiger partial charge in [0.1, 0.15) is 0 Å². The Morgan fingerprint density at radius 1 is 1.11 bits per heavy atom. The van der Waals surface area contributed by atoms with Crippen molar-refractivity contribution in [2.45, 2.75) is 12.8 Å². The number of carbonyl (C=O) groups excluding carboxylic acids is 1. The highest BCUT2D eigenvalue weighted by Gasteiger charge is 2.14. The second-order valence-corrected chi connectivity index (χ2v) is 4.23. The molecule has 2 rings (SSSR count). The molecular weight excluding hydrogens is 226 g/mol. The Kier molecular flexibility index (Phi) is 3.33. The van der Waals surface area contributed by atoms with Crippen molar-refractivity contribution in [2.24, 2.45) is 0 Å².